The fraction of sp³-hybridized carbons (Fsp3) is 0.176. The predicted octanol–water partition coefficient (Wildman–Crippen LogP) is 3.15. The minimum Gasteiger partial charge on any atom is -0.497 e. The Hall–Kier alpha value is -2.67. The molecule has 0 radical (unpaired) electrons. The maximum Gasteiger partial charge on any atom is 0.261 e. The van der Waals surface area contributed by atoms with Crippen LogP contribution < -0.4 is 14.4 Å². The molecule has 0 amide bonds. The predicted molar refractivity (Wildman–Crippen MR) is 92.4 cm³/mol. The number of nitrogens with one attached hydrogen (secondary N) is 1. The topological polar surface area (TPSA) is 67.9 Å². The molecule has 1 aliphatic heterocycles. The first-order valence-electron chi connectivity index (χ1n) is 7.33. The third-order valence-corrected chi connectivity index (χ3v) is 4.98. The molecule has 0 bridgehead atoms. The first-order valence-corrected chi connectivity index (χ1v) is 8.82. The van der Waals surface area contributed by atoms with E-state index < -0.39 is 10.0 Å². The monoisotopic (exact) mass is 346 g/mol. The van der Waals surface area contributed by atoms with Crippen molar-refractivity contribution in [3.05, 3.63) is 60.5 Å². The van der Waals surface area contributed by atoms with Crippen molar-refractivity contribution in [2.75, 3.05) is 23.5 Å². The minimum absolute atomic E-state index is 0.169. The third-order valence-electron chi connectivity index (χ3n) is 3.60. The second-order valence-electron chi connectivity index (χ2n) is 5.28. The average molecular weight is 346 g/mol. The molecule has 0 aromatic heterocycles. The lowest BCUT2D eigenvalue weighted by molar-refractivity contribution is 0.247. The second-order valence-corrected chi connectivity index (χ2v) is 6.96. The lowest BCUT2D eigenvalue weighted by Gasteiger charge is -2.19. The molecule has 0 fully saturated rings. The van der Waals surface area contributed by atoms with E-state index in [4.69, 9.17) is 9.47 Å². The van der Waals surface area contributed by atoms with Crippen LogP contribution in [-0.4, -0.2) is 22.3 Å². The first kappa shape index (κ1) is 16.2. The van der Waals surface area contributed by atoms with Crippen LogP contribution in [0, 0.1) is 0 Å². The number of anilines is 2. The van der Waals surface area contributed by atoms with Gasteiger partial charge in [0.2, 0.25) is 0 Å². The van der Waals surface area contributed by atoms with Crippen LogP contribution in [0.1, 0.15) is 6.92 Å². The van der Waals surface area contributed by atoms with Crippen molar-refractivity contribution in [1.82, 2.24) is 0 Å². The smallest absolute Gasteiger partial charge is 0.261 e. The number of rotatable bonds is 5. The van der Waals surface area contributed by atoms with E-state index in [0.717, 1.165) is 11.4 Å². The number of sulfonamides is 1. The van der Waals surface area contributed by atoms with Crippen molar-refractivity contribution in [2.45, 2.75) is 11.8 Å². The Bertz CT molecular complexity index is 860. The van der Waals surface area contributed by atoms with Gasteiger partial charge in [-0.2, -0.15) is 0 Å². The number of methoxy groups -OCH3 is 1. The lowest BCUT2D eigenvalue weighted by atomic mass is 10.2. The number of benzene rings is 2. The fourth-order valence-corrected chi connectivity index (χ4v) is 3.45. The summed E-state index contributed by atoms with van der Waals surface area (Å²) in [5, 5.41) is 0. The molecule has 1 aliphatic rings. The highest BCUT2D eigenvalue weighted by Crippen LogP contribution is 2.31. The van der Waals surface area contributed by atoms with Gasteiger partial charge in [0.25, 0.3) is 10.0 Å². The van der Waals surface area contributed by atoms with Gasteiger partial charge in [0.15, 0.2) is 6.73 Å². The van der Waals surface area contributed by atoms with Gasteiger partial charge in [-0.1, -0.05) is 12.1 Å². The first-order chi connectivity index (χ1) is 11.5. The standard InChI is InChI=1S/C17H18N2O4S/c1-13-11-19(12-23-13)17-6-4-3-5-16(17)18-24(20,21)15-9-7-14(22-2)8-10-15/h3-11,18H,12H2,1-2H3. The quantitative estimate of drug-likeness (QED) is 0.901. The third kappa shape index (κ3) is 3.30. The second kappa shape index (κ2) is 6.45. The maximum atomic E-state index is 12.6. The molecular weight excluding hydrogens is 328 g/mol. The summed E-state index contributed by atoms with van der Waals surface area (Å²) in [5.74, 6) is 1.38. The fourth-order valence-electron chi connectivity index (χ4n) is 2.37. The van der Waals surface area contributed by atoms with Gasteiger partial charge in [-0.05, 0) is 43.3 Å². The number of para-hydroxylation sites is 2. The highest BCUT2D eigenvalue weighted by molar-refractivity contribution is 7.92. The van der Waals surface area contributed by atoms with Crippen LogP contribution in [0.4, 0.5) is 11.4 Å². The Labute approximate surface area is 141 Å². The van der Waals surface area contributed by atoms with Gasteiger partial charge >= 0.3 is 0 Å². The van der Waals surface area contributed by atoms with E-state index >= 15 is 0 Å². The molecule has 0 unspecified atom stereocenters. The van der Waals surface area contributed by atoms with Crippen molar-refractivity contribution in [2.24, 2.45) is 0 Å². The van der Waals surface area contributed by atoms with Crippen LogP contribution >= 0.6 is 0 Å². The van der Waals surface area contributed by atoms with E-state index in [1.165, 1.54) is 19.2 Å². The average Bonchev–Trinajstić information content (AvgIpc) is 3.01. The Morgan fingerprint density at radius 3 is 2.46 bits per heavy atom. The van der Waals surface area contributed by atoms with Crippen LogP contribution in [0.2, 0.25) is 0 Å². The molecule has 0 saturated carbocycles. The SMILES string of the molecule is COc1ccc(S(=O)(=O)Nc2ccccc2N2C=C(C)OC2)cc1. The zero-order valence-electron chi connectivity index (χ0n) is 13.4. The zero-order valence-corrected chi connectivity index (χ0v) is 14.2. The summed E-state index contributed by atoms with van der Waals surface area (Å²) < 4.78 is 38.3. The molecule has 24 heavy (non-hydrogen) atoms. The van der Waals surface area contributed by atoms with Crippen LogP contribution in [0.5, 0.6) is 5.75 Å². The summed E-state index contributed by atoms with van der Waals surface area (Å²) in [5.41, 5.74) is 1.22. The van der Waals surface area contributed by atoms with Gasteiger partial charge in [-0.3, -0.25) is 4.72 Å². The van der Waals surface area contributed by atoms with Crippen LogP contribution in [0.25, 0.3) is 0 Å². The lowest BCUT2D eigenvalue weighted by Crippen LogP contribution is -2.18. The van der Waals surface area contributed by atoms with Gasteiger partial charge in [0.05, 0.1) is 23.4 Å². The largest absolute Gasteiger partial charge is 0.497 e. The summed E-state index contributed by atoms with van der Waals surface area (Å²) in [7, 11) is -2.16. The summed E-state index contributed by atoms with van der Waals surface area (Å²) in [6, 6.07) is 13.4. The van der Waals surface area contributed by atoms with Crippen molar-refractivity contribution < 1.29 is 17.9 Å². The molecule has 0 saturated heterocycles. The molecular formula is C17H18N2O4S. The van der Waals surface area contributed by atoms with E-state index in [9.17, 15) is 8.42 Å². The van der Waals surface area contributed by atoms with Gasteiger partial charge in [0, 0.05) is 6.20 Å². The van der Waals surface area contributed by atoms with Crippen molar-refractivity contribution >= 4 is 21.4 Å². The summed E-state index contributed by atoms with van der Waals surface area (Å²) in [6.07, 6.45) is 1.83. The molecule has 2 aromatic rings. The molecule has 1 heterocycles. The van der Waals surface area contributed by atoms with Crippen LogP contribution in [-0.2, 0) is 14.8 Å². The maximum absolute atomic E-state index is 12.6. The Morgan fingerprint density at radius 1 is 1.12 bits per heavy atom. The zero-order chi connectivity index (χ0) is 17.2. The van der Waals surface area contributed by atoms with E-state index in [0.29, 0.717) is 18.2 Å². The summed E-state index contributed by atoms with van der Waals surface area (Å²) >= 11 is 0. The van der Waals surface area contributed by atoms with E-state index in [-0.39, 0.29) is 4.90 Å². The van der Waals surface area contributed by atoms with E-state index in [1.54, 1.807) is 24.3 Å². The molecule has 7 heteroatoms. The molecule has 6 nitrogen and oxygen atoms in total. The van der Waals surface area contributed by atoms with Crippen molar-refractivity contribution in [3.63, 3.8) is 0 Å². The van der Waals surface area contributed by atoms with Crippen LogP contribution in [0.3, 0.4) is 0 Å². The Kier molecular flexibility index (Phi) is 4.35. The van der Waals surface area contributed by atoms with Gasteiger partial charge < -0.3 is 14.4 Å². The number of allylic oxidation sites excluding steroid dienone is 1. The molecule has 1 N–H and O–H groups in total. The van der Waals surface area contributed by atoms with Crippen molar-refractivity contribution in [1.29, 1.82) is 0 Å². The summed E-state index contributed by atoms with van der Waals surface area (Å²) in [4.78, 5) is 2.02. The number of ether oxygens (including phenoxy) is 2. The van der Waals surface area contributed by atoms with Gasteiger partial charge in [-0.25, -0.2) is 8.42 Å². The van der Waals surface area contributed by atoms with E-state index in [2.05, 4.69) is 4.72 Å². The Balaban J connectivity index is 1.90. The van der Waals surface area contributed by atoms with Gasteiger partial charge in [0.1, 0.15) is 11.5 Å². The van der Waals surface area contributed by atoms with E-state index in [1.807, 2.05) is 30.2 Å². The molecule has 2 aromatic carbocycles. The highest BCUT2D eigenvalue weighted by atomic mass is 32.2. The molecule has 126 valence electrons. The number of nitrogens with zero attached hydrogens (tertiary/aromatic N) is 1. The highest BCUT2D eigenvalue weighted by Gasteiger charge is 2.20. The molecule has 3 rings (SSSR count). The van der Waals surface area contributed by atoms with Gasteiger partial charge in [-0.15, -0.1) is 0 Å². The number of hydrogen-bond acceptors (Lipinski definition) is 5. The van der Waals surface area contributed by atoms with Crippen molar-refractivity contribution in [3.8, 4) is 5.75 Å². The normalized spacial score (nSPS) is 14.1. The summed E-state index contributed by atoms with van der Waals surface area (Å²) in [6.45, 7) is 2.21. The molecule has 0 aliphatic carbocycles. The minimum atomic E-state index is -3.70. The Morgan fingerprint density at radius 2 is 1.83 bits per heavy atom. The number of hydrogen-bond donors (Lipinski definition) is 1. The molecule has 0 spiro atoms. The van der Waals surface area contributed by atoms with Crippen LogP contribution in [0.15, 0.2) is 65.4 Å². The molecule has 0 atom stereocenters.